The number of ether oxygens (including phenoxy) is 1. The van der Waals surface area contributed by atoms with Crippen molar-refractivity contribution in [3.05, 3.63) is 51.7 Å². The van der Waals surface area contributed by atoms with Crippen LogP contribution in [-0.4, -0.2) is 7.11 Å². The molecular weight excluding hydrogens is 230 g/mol. The van der Waals surface area contributed by atoms with Crippen molar-refractivity contribution in [3.8, 4) is 5.75 Å². The molecule has 3 heteroatoms. The fourth-order valence-electron chi connectivity index (χ4n) is 1.91. The van der Waals surface area contributed by atoms with Crippen LogP contribution in [0, 0.1) is 6.92 Å². The summed E-state index contributed by atoms with van der Waals surface area (Å²) in [7, 11) is 1.70. The Morgan fingerprint density at radius 3 is 2.82 bits per heavy atom. The molecule has 1 aromatic heterocycles. The number of hydrogen-bond donors (Lipinski definition) is 1. The molecule has 1 atom stereocenters. The molecule has 0 aliphatic rings. The Morgan fingerprint density at radius 1 is 1.35 bits per heavy atom. The largest absolute Gasteiger partial charge is 0.496 e. The summed E-state index contributed by atoms with van der Waals surface area (Å²) >= 11 is 1.70. The predicted octanol–water partition coefficient (Wildman–Crippen LogP) is 3.31. The molecule has 0 spiro atoms. The van der Waals surface area contributed by atoms with Crippen LogP contribution in [0.4, 0.5) is 0 Å². The van der Waals surface area contributed by atoms with Crippen molar-refractivity contribution >= 4 is 11.3 Å². The first-order chi connectivity index (χ1) is 8.20. The molecule has 0 saturated carbocycles. The number of aryl methyl sites for hydroxylation is 1. The van der Waals surface area contributed by atoms with Gasteiger partial charge in [-0.3, -0.25) is 0 Å². The van der Waals surface area contributed by atoms with Crippen LogP contribution in [0.2, 0.25) is 0 Å². The first-order valence-corrected chi connectivity index (χ1v) is 6.51. The summed E-state index contributed by atoms with van der Waals surface area (Å²) in [5, 5.41) is 2.06. The molecule has 0 aliphatic carbocycles. The molecule has 1 unspecified atom stereocenters. The lowest BCUT2D eigenvalue weighted by Gasteiger charge is -2.13. The summed E-state index contributed by atoms with van der Waals surface area (Å²) < 4.78 is 5.37. The van der Waals surface area contributed by atoms with Crippen molar-refractivity contribution < 1.29 is 4.74 Å². The fraction of sp³-hybridized carbons (Fsp3) is 0.286. The molecule has 0 saturated heterocycles. The highest BCUT2D eigenvalue weighted by atomic mass is 32.1. The third kappa shape index (κ3) is 2.87. The summed E-state index contributed by atoms with van der Waals surface area (Å²) in [6, 6.07) is 10.4. The molecular formula is C14H17NOS. The van der Waals surface area contributed by atoms with E-state index in [1.54, 1.807) is 18.4 Å². The maximum Gasteiger partial charge on any atom is 0.122 e. The van der Waals surface area contributed by atoms with E-state index in [0.29, 0.717) is 0 Å². The highest BCUT2D eigenvalue weighted by Crippen LogP contribution is 2.26. The minimum atomic E-state index is 0.0469. The standard InChI is InChI=1S/C14H17NOS/c1-10-5-6-13(16-2)11(8-10)9-12(15)14-4-3-7-17-14/h3-8,12H,9,15H2,1-2H3. The van der Waals surface area contributed by atoms with Crippen molar-refractivity contribution in [3.63, 3.8) is 0 Å². The van der Waals surface area contributed by atoms with Gasteiger partial charge < -0.3 is 10.5 Å². The van der Waals surface area contributed by atoms with Gasteiger partial charge in [-0.2, -0.15) is 0 Å². The number of nitrogens with two attached hydrogens (primary N) is 1. The van der Waals surface area contributed by atoms with Crippen molar-refractivity contribution in [1.82, 2.24) is 0 Å². The first-order valence-electron chi connectivity index (χ1n) is 5.63. The second kappa shape index (κ2) is 5.34. The average Bonchev–Trinajstić information content (AvgIpc) is 2.83. The Balaban J connectivity index is 2.20. The Bertz CT molecular complexity index is 479. The molecule has 1 heterocycles. The molecule has 2 nitrogen and oxygen atoms in total. The first kappa shape index (κ1) is 12.1. The van der Waals surface area contributed by atoms with E-state index in [1.165, 1.54) is 16.0 Å². The Morgan fingerprint density at radius 2 is 2.18 bits per heavy atom. The van der Waals surface area contributed by atoms with Crippen molar-refractivity contribution in [2.45, 2.75) is 19.4 Å². The zero-order valence-electron chi connectivity index (χ0n) is 10.1. The Kier molecular flexibility index (Phi) is 3.82. The van der Waals surface area contributed by atoms with Crippen molar-refractivity contribution in [1.29, 1.82) is 0 Å². The minimum Gasteiger partial charge on any atom is -0.496 e. The zero-order chi connectivity index (χ0) is 12.3. The fourth-order valence-corrected chi connectivity index (χ4v) is 2.64. The number of methoxy groups -OCH3 is 1. The van der Waals surface area contributed by atoms with Gasteiger partial charge in [0, 0.05) is 10.9 Å². The second-order valence-corrected chi connectivity index (χ2v) is 5.12. The highest BCUT2D eigenvalue weighted by molar-refractivity contribution is 7.10. The Hall–Kier alpha value is -1.32. The number of hydrogen-bond acceptors (Lipinski definition) is 3. The lowest BCUT2D eigenvalue weighted by atomic mass is 10.0. The van der Waals surface area contributed by atoms with Gasteiger partial charge in [-0.1, -0.05) is 23.8 Å². The van der Waals surface area contributed by atoms with E-state index >= 15 is 0 Å². The maximum absolute atomic E-state index is 6.20. The van der Waals surface area contributed by atoms with Crippen molar-refractivity contribution in [2.75, 3.05) is 7.11 Å². The van der Waals surface area contributed by atoms with Crippen LogP contribution >= 0.6 is 11.3 Å². The molecule has 0 radical (unpaired) electrons. The zero-order valence-corrected chi connectivity index (χ0v) is 11.0. The van der Waals surface area contributed by atoms with Crippen LogP contribution in [0.25, 0.3) is 0 Å². The van der Waals surface area contributed by atoms with Gasteiger partial charge in [0.2, 0.25) is 0 Å². The van der Waals surface area contributed by atoms with Gasteiger partial charge in [0.15, 0.2) is 0 Å². The summed E-state index contributed by atoms with van der Waals surface area (Å²) in [4.78, 5) is 1.22. The smallest absolute Gasteiger partial charge is 0.122 e. The van der Waals surface area contributed by atoms with E-state index in [-0.39, 0.29) is 6.04 Å². The topological polar surface area (TPSA) is 35.2 Å². The lowest BCUT2D eigenvalue weighted by Crippen LogP contribution is -2.12. The molecule has 1 aromatic carbocycles. The molecule has 2 aromatic rings. The van der Waals surface area contributed by atoms with E-state index in [2.05, 4.69) is 30.5 Å². The number of rotatable bonds is 4. The third-order valence-corrected chi connectivity index (χ3v) is 3.79. The Labute approximate surface area is 106 Å². The van der Waals surface area contributed by atoms with Gasteiger partial charge in [0.1, 0.15) is 5.75 Å². The quantitative estimate of drug-likeness (QED) is 0.899. The van der Waals surface area contributed by atoms with Gasteiger partial charge in [0.05, 0.1) is 7.11 Å². The van der Waals surface area contributed by atoms with Crippen molar-refractivity contribution in [2.24, 2.45) is 5.73 Å². The number of thiophene rings is 1. The van der Waals surface area contributed by atoms with Crippen LogP contribution < -0.4 is 10.5 Å². The van der Waals surface area contributed by atoms with Crippen LogP contribution in [0.5, 0.6) is 5.75 Å². The molecule has 2 rings (SSSR count). The minimum absolute atomic E-state index is 0.0469. The average molecular weight is 247 g/mol. The summed E-state index contributed by atoms with van der Waals surface area (Å²) in [5.41, 5.74) is 8.61. The van der Waals surface area contributed by atoms with Gasteiger partial charge in [0.25, 0.3) is 0 Å². The van der Waals surface area contributed by atoms with E-state index in [0.717, 1.165) is 12.2 Å². The van der Waals surface area contributed by atoms with Crippen LogP contribution in [0.3, 0.4) is 0 Å². The third-order valence-electron chi connectivity index (χ3n) is 2.78. The van der Waals surface area contributed by atoms with Crippen LogP contribution in [-0.2, 0) is 6.42 Å². The summed E-state index contributed by atoms with van der Waals surface area (Å²) in [6.07, 6.45) is 0.811. The van der Waals surface area contributed by atoms with Gasteiger partial charge in [-0.25, -0.2) is 0 Å². The van der Waals surface area contributed by atoms with Gasteiger partial charge in [-0.15, -0.1) is 11.3 Å². The maximum atomic E-state index is 6.20. The van der Waals surface area contributed by atoms with Gasteiger partial charge >= 0.3 is 0 Å². The lowest BCUT2D eigenvalue weighted by molar-refractivity contribution is 0.408. The molecule has 90 valence electrons. The molecule has 0 bridgehead atoms. The normalized spacial score (nSPS) is 12.4. The molecule has 0 fully saturated rings. The molecule has 0 aliphatic heterocycles. The predicted molar refractivity (Wildman–Crippen MR) is 72.7 cm³/mol. The van der Waals surface area contributed by atoms with E-state index in [4.69, 9.17) is 10.5 Å². The monoisotopic (exact) mass is 247 g/mol. The molecule has 0 amide bonds. The van der Waals surface area contributed by atoms with Crippen LogP contribution in [0.1, 0.15) is 22.0 Å². The van der Waals surface area contributed by atoms with E-state index < -0.39 is 0 Å². The highest BCUT2D eigenvalue weighted by Gasteiger charge is 2.11. The van der Waals surface area contributed by atoms with E-state index in [1.807, 2.05) is 12.1 Å². The SMILES string of the molecule is COc1ccc(C)cc1CC(N)c1cccs1. The van der Waals surface area contributed by atoms with Crippen LogP contribution in [0.15, 0.2) is 35.7 Å². The number of benzene rings is 1. The summed E-state index contributed by atoms with van der Waals surface area (Å²) in [5.74, 6) is 0.919. The summed E-state index contributed by atoms with van der Waals surface area (Å²) in [6.45, 7) is 2.08. The molecule has 17 heavy (non-hydrogen) atoms. The van der Waals surface area contributed by atoms with E-state index in [9.17, 15) is 0 Å². The van der Waals surface area contributed by atoms with Gasteiger partial charge in [-0.05, 0) is 36.4 Å². The second-order valence-electron chi connectivity index (χ2n) is 4.14. The molecule has 2 N–H and O–H groups in total.